The molecule has 0 spiro atoms. The van der Waals surface area contributed by atoms with Gasteiger partial charge in [0.15, 0.2) is 0 Å². The number of rotatable bonds is 11. The Labute approximate surface area is 198 Å². The quantitative estimate of drug-likeness (QED) is 0.348. The van der Waals surface area contributed by atoms with E-state index in [4.69, 9.17) is 0 Å². The van der Waals surface area contributed by atoms with Gasteiger partial charge in [-0.2, -0.15) is 0 Å². The summed E-state index contributed by atoms with van der Waals surface area (Å²) in [6.07, 6.45) is 9.89. The van der Waals surface area contributed by atoms with Gasteiger partial charge in [-0.3, -0.25) is 19.1 Å². The summed E-state index contributed by atoms with van der Waals surface area (Å²) in [4.78, 5) is 40.7. The Morgan fingerprint density at radius 1 is 1.21 bits per heavy atom. The Balaban J connectivity index is 1.74. The fourth-order valence-corrected chi connectivity index (χ4v) is 5.76. The molecule has 3 atom stereocenters. The van der Waals surface area contributed by atoms with Crippen molar-refractivity contribution in [2.45, 2.75) is 102 Å². The minimum Gasteiger partial charge on any atom is -0.339 e. The second kappa shape index (κ2) is 9.76. The van der Waals surface area contributed by atoms with Crippen LogP contribution in [0.25, 0.3) is 0 Å². The normalized spacial score (nSPS) is 28.2. The third-order valence-electron chi connectivity index (χ3n) is 7.15. The van der Waals surface area contributed by atoms with Crippen molar-refractivity contribution in [2.24, 2.45) is 11.8 Å². The van der Waals surface area contributed by atoms with Gasteiger partial charge in [-0.15, -0.1) is 0 Å². The number of unbranched alkanes of at least 4 members (excludes halogenated alkanes) is 2. The van der Waals surface area contributed by atoms with Crippen LogP contribution in [0.1, 0.15) is 85.5 Å². The van der Waals surface area contributed by atoms with Crippen LogP contribution in [0.15, 0.2) is 12.2 Å². The number of hydrogen-bond donors (Lipinski definition) is 2. The monoisotopic (exact) mass is 481 g/mol. The lowest BCUT2D eigenvalue weighted by Crippen LogP contribution is -2.57. The lowest BCUT2D eigenvalue weighted by molar-refractivity contribution is -0.140. The van der Waals surface area contributed by atoms with Crippen molar-refractivity contribution in [3.63, 3.8) is 0 Å². The van der Waals surface area contributed by atoms with E-state index in [1.807, 2.05) is 26.0 Å². The van der Waals surface area contributed by atoms with Crippen LogP contribution in [-0.4, -0.2) is 53.9 Å². The molecule has 2 saturated carbocycles. The van der Waals surface area contributed by atoms with Crippen LogP contribution in [-0.2, 0) is 24.4 Å². The molecule has 0 radical (unpaired) electrons. The molecule has 3 amide bonds. The van der Waals surface area contributed by atoms with Crippen LogP contribution in [0.5, 0.6) is 0 Å². The molecule has 9 heteroatoms. The fourth-order valence-electron chi connectivity index (χ4n) is 4.45. The summed E-state index contributed by atoms with van der Waals surface area (Å²) in [5, 5.41) is 2.87. The topological polar surface area (TPSA) is 113 Å². The zero-order valence-corrected chi connectivity index (χ0v) is 21.2. The summed E-state index contributed by atoms with van der Waals surface area (Å²) >= 11 is 0. The van der Waals surface area contributed by atoms with E-state index < -0.39 is 32.3 Å². The number of amides is 3. The van der Waals surface area contributed by atoms with Crippen molar-refractivity contribution in [1.82, 2.24) is 14.9 Å². The molecule has 3 aliphatic rings. The second-order valence-corrected chi connectivity index (χ2v) is 12.8. The molecule has 3 fully saturated rings. The van der Waals surface area contributed by atoms with E-state index in [1.54, 1.807) is 11.8 Å². The maximum Gasteiger partial charge on any atom is 0.259 e. The molecular formula is C24H39N3O5S. The maximum absolute atomic E-state index is 13.2. The molecule has 33 heavy (non-hydrogen) atoms. The third kappa shape index (κ3) is 5.61. The summed E-state index contributed by atoms with van der Waals surface area (Å²) in [6, 6.07) is -0.621. The highest BCUT2D eigenvalue weighted by atomic mass is 32.2. The molecule has 186 valence electrons. The number of carbonyl (C=O) groups excluding carboxylic acids is 3. The standard InChI is InChI=1S/C24H39N3O5S/c1-5-6-7-8-10-18-16-24(18,22(30)26-33(31,32)23(4)12-13-23)25-21(29)19-11-9-14-27(19)20(28)15-17(2)3/h8,10,17-19H,5-7,9,11-16H2,1-4H3,(H,25,29)(H,26,30)/b10-8-. The van der Waals surface area contributed by atoms with Crippen LogP contribution in [0.3, 0.4) is 0 Å². The second-order valence-electron chi connectivity index (χ2n) is 10.6. The molecule has 2 aliphatic carbocycles. The lowest BCUT2D eigenvalue weighted by Gasteiger charge is -2.27. The number of nitrogens with zero attached hydrogens (tertiary/aromatic N) is 1. The summed E-state index contributed by atoms with van der Waals surface area (Å²) in [7, 11) is -3.81. The minimum absolute atomic E-state index is 0.0582. The molecule has 1 heterocycles. The first-order valence-corrected chi connectivity index (χ1v) is 13.8. The molecule has 8 nitrogen and oxygen atoms in total. The van der Waals surface area contributed by atoms with Gasteiger partial charge >= 0.3 is 0 Å². The summed E-state index contributed by atoms with van der Waals surface area (Å²) in [5.41, 5.74) is -1.28. The van der Waals surface area contributed by atoms with Gasteiger partial charge < -0.3 is 10.2 Å². The molecule has 0 bridgehead atoms. The summed E-state index contributed by atoms with van der Waals surface area (Å²) in [6.45, 7) is 8.17. The number of hydrogen-bond acceptors (Lipinski definition) is 5. The van der Waals surface area contributed by atoms with Gasteiger partial charge in [0.05, 0.1) is 4.75 Å². The number of nitrogens with one attached hydrogen (secondary N) is 2. The van der Waals surface area contributed by atoms with Gasteiger partial charge in [-0.1, -0.05) is 45.8 Å². The van der Waals surface area contributed by atoms with Crippen molar-refractivity contribution in [3.8, 4) is 0 Å². The van der Waals surface area contributed by atoms with E-state index in [0.29, 0.717) is 38.6 Å². The average Bonchev–Trinajstić information content (AvgIpc) is 3.58. The summed E-state index contributed by atoms with van der Waals surface area (Å²) in [5.74, 6) is -1.18. The molecule has 3 rings (SSSR count). The predicted octanol–water partition coefficient (Wildman–Crippen LogP) is 2.64. The van der Waals surface area contributed by atoms with Crippen molar-refractivity contribution >= 4 is 27.7 Å². The first kappa shape index (κ1) is 25.7. The van der Waals surface area contributed by atoms with Crippen LogP contribution in [0.4, 0.5) is 0 Å². The van der Waals surface area contributed by atoms with Crippen molar-refractivity contribution in [3.05, 3.63) is 12.2 Å². The van der Waals surface area contributed by atoms with Crippen LogP contribution in [0.2, 0.25) is 0 Å². The van der Waals surface area contributed by atoms with Crippen LogP contribution < -0.4 is 10.0 Å². The van der Waals surface area contributed by atoms with Crippen molar-refractivity contribution in [2.75, 3.05) is 6.54 Å². The van der Waals surface area contributed by atoms with Crippen molar-refractivity contribution in [1.29, 1.82) is 0 Å². The highest BCUT2D eigenvalue weighted by Gasteiger charge is 2.62. The lowest BCUT2D eigenvalue weighted by atomic mass is 10.1. The zero-order valence-electron chi connectivity index (χ0n) is 20.4. The molecule has 2 N–H and O–H groups in total. The fraction of sp³-hybridized carbons (Fsp3) is 0.792. The molecule has 1 saturated heterocycles. The molecule has 0 aromatic heterocycles. The van der Waals surface area contributed by atoms with E-state index in [1.165, 1.54) is 0 Å². The Hall–Kier alpha value is -1.90. The van der Waals surface area contributed by atoms with Gasteiger partial charge in [-0.25, -0.2) is 8.42 Å². The van der Waals surface area contributed by atoms with Gasteiger partial charge in [0, 0.05) is 18.9 Å². The van der Waals surface area contributed by atoms with Gasteiger partial charge in [0.1, 0.15) is 11.6 Å². The van der Waals surface area contributed by atoms with E-state index in [9.17, 15) is 22.8 Å². The number of allylic oxidation sites excluding steroid dienone is 1. The van der Waals surface area contributed by atoms with Gasteiger partial charge in [0.2, 0.25) is 21.8 Å². The van der Waals surface area contributed by atoms with Gasteiger partial charge in [-0.05, 0) is 51.4 Å². The number of likely N-dealkylation sites (tertiary alicyclic amines) is 1. The smallest absolute Gasteiger partial charge is 0.259 e. The highest BCUT2D eigenvalue weighted by molar-refractivity contribution is 7.91. The zero-order chi connectivity index (χ0) is 24.4. The van der Waals surface area contributed by atoms with Crippen molar-refractivity contribution < 1.29 is 22.8 Å². The molecule has 3 unspecified atom stereocenters. The SMILES string of the molecule is CCCC/C=C\C1CC1(NC(=O)C1CCCN1C(=O)CC(C)C)C(=O)NS(=O)(=O)C1(C)CC1. The number of sulfonamides is 1. The Bertz CT molecular complexity index is 909. The average molecular weight is 482 g/mol. The Morgan fingerprint density at radius 3 is 2.52 bits per heavy atom. The molecule has 0 aromatic carbocycles. The first-order valence-electron chi connectivity index (χ1n) is 12.3. The largest absolute Gasteiger partial charge is 0.339 e. The predicted molar refractivity (Wildman–Crippen MR) is 127 cm³/mol. The van der Waals surface area contributed by atoms with Gasteiger partial charge in [0.25, 0.3) is 5.91 Å². The molecular weight excluding hydrogens is 442 g/mol. The van der Waals surface area contributed by atoms with E-state index >= 15 is 0 Å². The van der Waals surface area contributed by atoms with E-state index in [-0.39, 0.29) is 23.7 Å². The third-order valence-corrected chi connectivity index (χ3v) is 9.31. The summed E-state index contributed by atoms with van der Waals surface area (Å²) < 4.78 is 26.7. The van der Waals surface area contributed by atoms with E-state index in [0.717, 1.165) is 25.7 Å². The maximum atomic E-state index is 13.2. The molecule has 1 aliphatic heterocycles. The van der Waals surface area contributed by atoms with Crippen LogP contribution >= 0.6 is 0 Å². The van der Waals surface area contributed by atoms with Crippen LogP contribution in [0, 0.1) is 11.8 Å². The number of carbonyl (C=O) groups is 3. The first-order chi connectivity index (χ1) is 15.5. The Kier molecular flexibility index (Phi) is 7.61. The highest BCUT2D eigenvalue weighted by Crippen LogP contribution is 2.47. The van der Waals surface area contributed by atoms with E-state index in [2.05, 4.69) is 17.0 Å². The minimum atomic E-state index is -3.81. The molecule has 0 aromatic rings. The Morgan fingerprint density at radius 2 is 1.91 bits per heavy atom.